The number of rotatable bonds is 7. The SMILES string of the molecule is CCNC(=NCC1(O)CCCC1)NCC(C)Oc1cccc(F)c1.I. The topological polar surface area (TPSA) is 65.9 Å². The van der Waals surface area contributed by atoms with E-state index < -0.39 is 5.60 Å². The van der Waals surface area contributed by atoms with Crippen molar-refractivity contribution in [3.05, 3.63) is 30.1 Å². The molecule has 5 nitrogen and oxygen atoms in total. The van der Waals surface area contributed by atoms with Crippen molar-refractivity contribution in [3.63, 3.8) is 0 Å². The van der Waals surface area contributed by atoms with Crippen molar-refractivity contribution in [2.45, 2.75) is 51.2 Å². The van der Waals surface area contributed by atoms with E-state index in [1.165, 1.54) is 12.1 Å². The Balaban J connectivity index is 0.00000312. The van der Waals surface area contributed by atoms with Crippen LogP contribution in [0.4, 0.5) is 4.39 Å². The largest absolute Gasteiger partial charge is 0.489 e. The minimum absolute atomic E-state index is 0. The van der Waals surface area contributed by atoms with Gasteiger partial charge in [-0.15, -0.1) is 24.0 Å². The van der Waals surface area contributed by atoms with Crippen molar-refractivity contribution in [2.75, 3.05) is 19.6 Å². The van der Waals surface area contributed by atoms with E-state index in [-0.39, 0.29) is 35.9 Å². The van der Waals surface area contributed by atoms with Crippen LogP contribution in [0.15, 0.2) is 29.3 Å². The number of hydrogen-bond donors (Lipinski definition) is 3. The normalized spacial score (nSPS) is 17.5. The monoisotopic (exact) mass is 465 g/mol. The van der Waals surface area contributed by atoms with Crippen LogP contribution >= 0.6 is 24.0 Å². The molecular formula is C18H29FIN3O2. The van der Waals surface area contributed by atoms with Gasteiger partial charge in [-0.05, 0) is 38.8 Å². The summed E-state index contributed by atoms with van der Waals surface area (Å²) in [6.07, 6.45) is 3.61. The maximum atomic E-state index is 13.2. The van der Waals surface area contributed by atoms with Gasteiger partial charge >= 0.3 is 0 Å². The summed E-state index contributed by atoms with van der Waals surface area (Å²) < 4.78 is 18.9. The summed E-state index contributed by atoms with van der Waals surface area (Å²) in [6, 6.07) is 6.11. The summed E-state index contributed by atoms with van der Waals surface area (Å²) in [5, 5.41) is 16.8. The van der Waals surface area contributed by atoms with E-state index in [0.29, 0.717) is 24.8 Å². The van der Waals surface area contributed by atoms with Gasteiger partial charge in [-0.3, -0.25) is 4.99 Å². The van der Waals surface area contributed by atoms with Crippen molar-refractivity contribution < 1.29 is 14.2 Å². The molecule has 0 aromatic heterocycles. The van der Waals surface area contributed by atoms with Gasteiger partial charge in [-0.2, -0.15) is 0 Å². The average molecular weight is 465 g/mol. The lowest BCUT2D eigenvalue weighted by molar-refractivity contribution is 0.0574. The van der Waals surface area contributed by atoms with Gasteiger partial charge in [0.2, 0.25) is 0 Å². The fourth-order valence-electron chi connectivity index (χ4n) is 2.81. The molecule has 1 atom stereocenters. The van der Waals surface area contributed by atoms with E-state index in [0.717, 1.165) is 32.2 Å². The molecule has 0 amide bonds. The van der Waals surface area contributed by atoms with Crippen molar-refractivity contribution in [2.24, 2.45) is 4.99 Å². The van der Waals surface area contributed by atoms with Gasteiger partial charge in [0.25, 0.3) is 0 Å². The number of guanidine groups is 1. The highest BCUT2D eigenvalue weighted by atomic mass is 127. The summed E-state index contributed by atoms with van der Waals surface area (Å²) in [5.74, 6) is 0.853. The first kappa shape index (κ1) is 22.0. The molecule has 1 aliphatic rings. The Kier molecular flexibility index (Phi) is 9.48. The molecule has 0 heterocycles. The number of ether oxygens (including phenoxy) is 1. The quantitative estimate of drug-likeness (QED) is 0.329. The molecule has 7 heteroatoms. The summed E-state index contributed by atoms with van der Waals surface area (Å²) >= 11 is 0. The predicted molar refractivity (Wildman–Crippen MR) is 109 cm³/mol. The number of aliphatic hydroxyl groups is 1. The molecule has 142 valence electrons. The lowest BCUT2D eigenvalue weighted by atomic mass is 10.0. The third-order valence-electron chi connectivity index (χ3n) is 4.10. The molecule has 25 heavy (non-hydrogen) atoms. The van der Waals surface area contributed by atoms with Crippen LogP contribution in [-0.2, 0) is 0 Å². The van der Waals surface area contributed by atoms with Gasteiger partial charge < -0.3 is 20.5 Å². The lowest BCUT2D eigenvalue weighted by Gasteiger charge is -2.21. The Morgan fingerprint density at radius 1 is 1.36 bits per heavy atom. The van der Waals surface area contributed by atoms with Crippen LogP contribution in [0.3, 0.4) is 0 Å². The Morgan fingerprint density at radius 3 is 2.72 bits per heavy atom. The van der Waals surface area contributed by atoms with Gasteiger partial charge in [0, 0.05) is 12.6 Å². The maximum absolute atomic E-state index is 13.2. The smallest absolute Gasteiger partial charge is 0.191 e. The standard InChI is InChI=1S/C18H28FN3O2.HI/c1-3-20-17(22-13-18(23)9-4-5-10-18)21-12-14(2)24-16-8-6-7-15(19)11-16;/h6-8,11,14,23H,3-5,9-10,12-13H2,1-2H3,(H2,20,21,22);1H. The molecule has 1 unspecified atom stereocenters. The zero-order valence-corrected chi connectivity index (χ0v) is 17.3. The van der Waals surface area contributed by atoms with Crippen LogP contribution in [0.2, 0.25) is 0 Å². The van der Waals surface area contributed by atoms with E-state index in [4.69, 9.17) is 4.74 Å². The maximum Gasteiger partial charge on any atom is 0.191 e. The molecule has 0 spiro atoms. The molecule has 2 rings (SSSR count). The van der Waals surface area contributed by atoms with Gasteiger partial charge in [0.15, 0.2) is 5.96 Å². The molecule has 1 aromatic rings. The second-order valence-electron chi connectivity index (χ2n) is 6.39. The highest BCUT2D eigenvalue weighted by Crippen LogP contribution is 2.29. The lowest BCUT2D eigenvalue weighted by Crippen LogP contribution is -2.43. The number of nitrogens with one attached hydrogen (secondary N) is 2. The third kappa shape index (κ3) is 7.77. The van der Waals surface area contributed by atoms with Crippen LogP contribution in [0.5, 0.6) is 5.75 Å². The van der Waals surface area contributed by atoms with Crippen molar-refractivity contribution in [1.29, 1.82) is 0 Å². The van der Waals surface area contributed by atoms with Gasteiger partial charge in [0.05, 0.1) is 18.7 Å². The fraction of sp³-hybridized carbons (Fsp3) is 0.611. The summed E-state index contributed by atoms with van der Waals surface area (Å²) in [4.78, 5) is 4.49. The number of nitrogens with zero attached hydrogens (tertiary/aromatic N) is 1. The molecule has 0 radical (unpaired) electrons. The van der Waals surface area contributed by atoms with Crippen molar-refractivity contribution in [3.8, 4) is 5.75 Å². The molecule has 0 bridgehead atoms. The molecule has 3 N–H and O–H groups in total. The van der Waals surface area contributed by atoms with Crippen LogP contribution < -0.4 is 15.4 Å². The average Bonchev–Trinajstić information content (AvgIpc) is 2.97. The second-order valence-corrected chi connectivity index (χ2v) is 6.39. The highest BCUT2D eigenvalue weighted by molar-refractivity contribution is 14.0. The van der Waals surface area contributed by atoms with E-state index in [2.05, 4.69) is 15.6 Å². The van der Waals surface area contributed by atoms with Gasteiger partial charge in [0.1, 0.15) is 17.7 Å². The van der Waals surface area contributed by atoms with E-state index >= 15 is 0 Å². The fourth-order valence-corrected chi connectivity index (χ4v) is 2.81. The van der Waals surface area contributed by atoms with Crippen molar-refractivity contribution >= 4 is 29.9 Å². The molecule has 1 fully saturated rings. The first-order valence-electron chi connectivity index (χ1n) is 8.67. The molecule has 0 saturated heterocycles. The zero-order chi connectivity index (χ0) is 17.4. The van der Waals surface area contributed by atoms with Crippen LogP contribution in [0.1, 0.15) is 39.5 Å². The minimum Gasteiger partial charge on any atom is -0.489 e. The number of halogens is 2. The first-order chi connectivity index (χ1) is 11.5. The molecule has 1 aromatic carbocycles. The van der Waals surface area contributed by atoms with E-state index in [1.807, 2.05) is 13.8 Å². The molecular weight excluding hydrogens is 436 g/mol. The predicted octanol–water partition coefficient (Wildman–Crippen LogP) is 3.07. The molecule has 1 aliphatic carbocycles. The Labute approximate surface area is 166 Å². The first-order valence-corrected chi connectivity index (χ1v) is 8.67. The number of aliphatic imine (C=N–C) groups is 1. The summed E-state index contributed by atoms with van der Waals surface area (Å²) in [5.41, 5.74) is -0.661. The van der Waals surface area contributed by atoms with E-state index in [9.17, 15) is 9.50 Å². The Morgan fingerprint density at radius 2 is 2.08 bits per heavy atom. The Bertz CT molecular complexity index is 551. The Hall–Kier alpha value is -1.09. The number of hydrogen-bond acceptors (Lipinski definition) is 3. The summed E-state index contributed by atoms with van der Waals surface area (Å²) in [7, 11) is 0. The van der Waals surface area contributed by atoms with Gasteiger partial charge in [-0.1, -0.05) is 18.9 Å². The molecule has 0 aliphatic heterocycles. The van der Waals surface area contributed by atoms with E-state index in [1.54, 1.807) is 12.1 Å². The second kappa shape index (κ2) is 10.8. The molecule has 1 saturated carbocycles. The van der Waals surface area contributed by atoms with Crippen LogP contribution in [0, 0.1) is 5.82 Å². The van der Waals surface area contributed by atoms with Gasteiger partial charge in [-0.25, -0.2) is 4.39 Å². The highest BCUT2D eigenvalue weighted by Gasteiger charge is 2.30. The number of benzene rings is 1. The zero-order valence-electron chi connectivity index (χ0n) is 14.9. The minimum atomic E-state index is -0.661. The van der Waals surface area contributed by atoms with Crippen LogP contribution in [-0.4, -0.2) is 42.4 Å². The third-order valence-corrected chi connectivity index (χ3v) is 4.10. The van der Waals surface area contributed by atoms with Crippen LogP contribution in [0.25, 0.3) is 0 Å². The van der Waals surface area contributed by atoms with Crippen molar-refractivity contribution in [1.82, 2.24) is 10.6 Å². The summed E-state index contributed by atoms with van der Waals surface area (Å²) in [6.45, 7) is 5.58.